The van der Waals surface area contributed by atoms with Crippen molar-refractivity contribution >= 4 is 5.91 Å². The van der Waals surface area contributed by atoms with Gasteiger partial charge in [0.25, 0.3) is 0 Å². The molecule has 1 atom stereocenters. The first-order valence-electron chi connectivity index (χ1n) is 9.42. The molecule has 0 saturated carbocycles. The van der Waals surface area contributed by atoms with Crippen molar-refractivity contribution in [1.82, 2.24) is 5.32 Å². The van der Waals surface area contributed by atoms with Crippen molar-refractivity contribution in [3.8, 4) is 11.5 Å². The van der Waals surface area contributed by atoms with Gasteiger partial charge >= 0.3 is 0 Å². The number of rotatable bonds is 5. The van der Waals surface area contributed by atoms with Crippen LogP contribution in [0.5, 0.6) is 11.5 Å². The number of amides is 1. The van der Waals surface area contributed by atoms with E-state index in [1.54, 1.807) is 0 Å². The quantitative estimate of drug-likeness (QED) is 0.693. The average Bonchev–Trinajstić information content (AvgIpc) is 2.71. The molecule has 3 aromatic carbocycles. The minimum atomic E-state index is -0.342. The highest BCUT2D eigenvalue weighted by Crippen LogP contribution is 2.43. The molecule has 1 aliphatic heterocycles. The van der Waals surface area contributed by atoms with Gasteiger partial charge in [-0.25, -0.2) is 0 Å². The molecule has 4 rings (SSSR count). The molecule has 27 heavy (non-hydrogen) atoms. The largest absolute Gasteiger partial charge is 0.457 e. The van der Waals surface area contributed by atoms with Crippen LogP contribution in [0.15, 0.2) is 78.9 Å². The molecule has 3 heteroatoms. The second kappa shape index (κ2) is 7.67. The topological polar surface area (TPSA) is 38.3 Å². The molecule has 0 aromatic heterocycles. The van der Waals surface area contributed by atoms with Gasteiger partial charge in [0, 0.05) is 17.2 Å². The van der Waals surface area contributed by atoms with Gasteiger partial charge in [0.15, 0.2) is 0 Å². The van der Waals surface area contributed by atoms with Crippen LogP contribution in [0, 0.1) is 0 Å². The molecule has 3 aromatic rings. The minimum absolute atomic E-state index is 0.0266. The Bertz CT molecular complexity index is 890. The van der Waals surface area contributed by atoms with Crippen molar-refractivity contribution in [2.24, 2.45) is 0 Å². The van der Waals surface area contributed by atoms with Crippen molar-refractivity contribution in [3.05, 3.63) is 95.6 Å². The van der Waals surface area contributed by atoms with Crippen LogP contribution in [0.2, 0.25) is 0 Å². The Morgan fingerprint density at radius 2 is 1.44 bits per heavy atom. The lowest BCUT2D eigenvalue weighted by Gasteiger charge is -2.28. The summed E-state index contributed by atoms with van der Waals surface area (Å²) in [4.78, 5) is 13.2. The summed E-state index contributed by atoms with van der Waals surface area (Å²) in [6, 6.07) is 26.0. The molecule has 0 bridgehead atoms. The first-order chi connectivity index (χ1) is 13.2. The maximum absolute atomic E-state index is 13.2. The normalized spacial score (nSPS) is 13.8. The number of hydrogen-bond acceptors (Lipinski definition) is 2. The zero-order chi connectivity index (χ0) is 18.6. The van der Waals surface area contributed by atoms with Gasteiger partial charge in [0.2, 0.25) is 5.91 Å². The number of hydrogen-bond donors (Lipinski definition) is 1. The molecule has 0 unspecified atom stereocenters. The summed E-state index contributed by atoms with van der Waals surface area (Å²) >= 11 is 0. The van der Waals surface area contributed by atoms with E-state index in [1.807, 2.05) is 54.6 Å². The van der Waals surface area contributed by atoms with Crippen molar-refractivity contribution in [1.29, 1.82) is 0 Å². The monoisotopic (exact) mass is 357 g/mol. The maximum atomic E-state index is 13.2. The molecule has 0 spiro atoms. The fraction of sp³-hybridized carbons (Fsp3) is 0.208. The fourth-order valence-corrected chi connectivity index (χ4v) is 3.62. The number of fused-ring (bicyclic) bond motifs is 2. The molecule has 0 radical (unpaired) electrons. The Balaban J connectivity index is 1.51. The van der Waals surface area contributed by atoms with Gasteiger partial charge in [-0.2, -0.15) is 0 Å². The van der Waals surface area contributed by atoms with E-state index in [4.69, 9.17) is 4.74 Å². The Morgan fingerprint density at radius 1 is 0.889 bits per heavy atom. The number of carbonyl (C=O) groups is 1. The molecule has 1 aliphatic rings. The number of aryl methyl sites for hydroxylation is 1. The molecule has 0 aliphatic carbocycles. The Hall–Kier alpha value is -3.07. The lowest BCUT2D eigenvalue weighted by atomic mass is 9.87. The van der Waals surface area contributed by atoms with E-state index in [9.17, 15) is 4.79 Å². The van der Waals surface area contributed by atoms with Gasteiger partial charge in [-0.3, -0.25) is 4.79 Å². The van der Waals surface area contributed by atoms with Crippen LogP contribution < -0.4 is 10.1 Å². The first kappa shape index (κ1) is 17.3. The van der Waals surface area contributed by atoms with Gasteiger partial charge in [0.05, 0.1) is 5.92 Å². The SMILES string of the molecule is C[C@@H](CCc1ccccc1)NC(=O)C1c2ccccc2Oc2ccccc21. The summed E-state index contributed by atoms with van der Waals surface area (Å²) in [5, 5.41) is 3.21. The summed E-state index contributed by atoms with van der Waals surface area (Å²) in [5.41, 5.74) is 3.13. The van der Waals surface area contributed by atoms with E-state index < -0.39 is 0 Å². The summed E-state index contributed by atoms with van der Waals surface area (Å²) in [7, 11) is 0. The minimum Gasteiger partial charge on any atom is -0.457 e. The van der Waals surface area contributed by atoms with Crippen molar-refractivity contribution in [3.63, 3.8) is 0 Å². The summed E-state index contributed by atoms with van der Waals surface area (Å²) in [6.45, 7) is 2.07. The average molecular weight is 357 g/mol. The van der Waals surface area contributed by atoms with Crippen LogP contribution in [0.25, 0.3) is 0 Å². The molecule has 3 nitrogen and oxygen atoms in total. The van der Waals surface area contributed by atoms with Crippen molar-refractivity contribution in [2.75, 3.05) is 0 Å². The molecule has 1 N–H and O–H groups in total. The van der Waals surface area contributed by atoms with Crippen LogP contribution in [-0.4, -0.2) is 11.9 Å². The number of para-hydroxylation sites is 2. The highest BCUT2D eigenvalue weighted by atomic mass is 16.5. The van der Waals surface area contributed by atoms with E-state index in [0.29, 0.717) is 0 Å². The standard InChI is InChI=1S/C24H23NO2/c1-17(15-16-18-9-3-2-4-10-18)25-24(26)23-19-11-5-7-13-21(19)27-22-14-8-6-12-20(22)23/h2-14,17,23H,15-16H2,1H3,(H,25,26)/t17-/m0/s1. The highest BCUT2D eigenvalue weighted by molar-refractivity contribution is 5.89. The predicted molar refractivity (Wildman–Crippen MR) is 107 cm³/mol. The number of carbonyl (C=O) groups excluding carboxylic acids is 1. The van der Waals surface area contributed by atoms with Gasteiger partial charge < -0.3 is 10.1 Å². The third-order valence-corrected chi connectivity index (χ3v) is 5.04. The van der Waals surface area contributed by atoms with Crippen LogP contribution in [0.4, 0.5) is 0 Å². The third kappa shape index (κ3) is 3.72. The molecule has 0 saturated heterocycles. The van der Waals surface area contributed by atoms with Crippen LogP contribution >= 0.6 is 0 Å². The smallest absolute Gasteiger partial charge is 0.232 e. The molecule has 136 valence electrons. The zero-order valence-corrected chi connectivity index (χ0v) is 15.4. The molecule has 1 heterocycles. The lowest BCUT2D eigenvalue weighted by molar-refractivity contribution is -0.122. The molecule has 1 amide bonds. The first-order valence-corrected chi connectivity index (χ1v) is 9.42. The predicted octanol–water partition coefficient (Wildman–Crippen LogP) is 5.06. The fourth-order valence-electron chi connectivity index (χ4n) is 3.62. The van der Waals surface area contributed by atoms with Crippen molar-refractivity contribution in [2.45, 2.75) is 31.7 Å². The Morgan fingerprint density at radius 3 is 2.07 bits per heavy atom. The lowest BCUT2D eigenvalue weighted by Crippen LogP contribution is -2.37. The maximum Gasteiger partial charge on any atom is 0.232 e. The number of nitrogens with one attached hydrogen (secondary N) is 1. The van der Waals surface area contributed by atoms with Gasteiger partial charge in [-0.15, -0.1) is 0 Å². The van der Waals surface area contributed by atoms with E-state index in [0.717, 1.165) is 35.5 Å². The molecular formula is C24H23NO2. The van der Waals surface area contributed by atoms with Crippen LogP contribution in [-0.2, 0) is 11.2 Å². The Kier molecular flexibility index (Phi) is 4.93. The summed E-state index contributed by atoms with van der Waals surface area (Å²) < 4.78 is 5.99. The summed E-state index contributed by atoms with van der Waals surface area (Å²) in [6.07, 6.45) is 1.85. The van der Waals surface area contributed by atoms with Crippen LogP contribution in [0.1, 0.15) is 36.0 Å². The van der Waals surface area contributed by atoms with Gasteiger partial charge in [-0.05, 0) is 37.5 Å². The van der Waals surface area contributed by atoms with Crippen LogP contribution in [0.3, 0.4) is 0 Å². The number of ether oxygens (including phenoxy) is 1. The van der Waals surface area contributed by atoms with Crippen molar-refractivity contribution < 1.29 is 9.53 Å². The number of benzene rings is 3. The van der Waals surface area contributed by atoms with E-state index in [-0.39, 0.29) is 17.9 Å². The van der Waals surface area contributed by atoms with Gasteiger partial charge in [-0.1, -0.05) is 66.7 Å². The second-order valence-electron chi connectivity index (χ2n) is 7.04. The van der Waals surface area contributed by atoms with E-state index in [2.05, 4.69) is 36.5 Å². The molecule has 0 fully saturated rings. The highest BCUT2D eigenvalue weighted by Gasteiger charge is 2.32. The Labute approximate surface area is 160 Å². The van der Waals surface area contributed by atoms with E-state index in [1.165, 1.54) is 5.56 Å². The summed E-state index contributed by atoms with van der Waals surface area (Å²) in [5.74, 6) is 1.20. The van der Waals surface area contributed by atoms with E-state index >= 15 is 0 Å². The second-order valence-corrected chi connectivity index (χ2v) is 7.04. The third-order valence-electron chi connectivity index (χ3n) is 5.04. The van der Waals surface area contributed by atoms with Gasteiger partial charge in [0.1, 0.15) is 11.5 Å². The molecular weight excluding hydrogens is 334 g/mol. The zero-order valence-electron chi connectivity index (χ0n) is 15.4.